The van der Waals surface area contributed by atoms with Gasteiger partial charge in [0.15, 0.2) is 0 Å². The van der Waals surface area contributed by atoms with Crippen molar-refractivity contribution in [2.24, 2.45) is 0 Å². The molecule has 0 aromatic rings. The fourth-order valence-corrected chi connectivity index (χ4v) is 1.75. The summed E-state index contributed by atoms with van der Waals surface area (Å²) in [5.41, 5.74) is 0. The molecule has 5 heteroatoms. The number of likely N-dealkylation sites (N-methyl/N-ethyl adjacent to an activating group) is 2. The highest BCUT2D eigenvalue weighted by Gasteiger charge is 2.15. The smallest absolute Gasteiger partial charge is 0.224 e. The Morgan fingerprint density at radius 1 is 1.59 bits per heavy atom. The van der Waals surface area contributed by atoms with E-state index in [0.717, 1.165) is 32.5 Å². The van der Waals surface area contributed by atoms with Gasteiger partial charge in [0, 0.05) is 26.7 Å². The minimum atomic E-state index is 0.132. The molecule has 0 aromatic carbocycles. The van der Waals surface area contributed by atoms with Crippen molar-refractivity contribution in [3.63, 3.8) is 0 Å². The average molecular weight is 244 g/mol. The number of hydrogen-bond acceptors (Lipinski definition) is 4. The van der Waals surface area contributed by atoms with Crippen molar-refractivity contribution in [2.75, 3.05) is 47.0 Å². The quantitative estimate of drug-likeness (QED) is 0.622. The van der Waals surface area contributed by atoms with Gasteiger partial charge in [-0.05, 0) is 19.9 Å². The summed E-state index contributed by atoms with van der Waals surface area (Å²) in [6.45, 7) is 3.51. The van der Waals surface area contributed by atoms with E-state index in [0.29, 0.717) is 19.6 Å². The maximum Gasteiger partial charge on any atom is 0.224 e. The number of hydrogen-bond donors (Lipinski definition) is 1. The Hall–Kier alpha value is -0.650. The summed E-state index contributed by atoms with van der Waals surface area (Å²) in [5.74, 6) is 0.132. The van der Waals surface area contributed by atoms with Gasteiger partial charge >= 0.3 is 0 Å². The Balaban J connectivity index is 1.98. The minimum absolute atomic E-state index is 0.132. The van der Waals surface area contributed by atoms with Crippen molar-refractivity contribution < 1.29 is 14.3 Å². The first-order valence-electron chi connectivity index (χ1n) is 6.32. The number of rotatable bonds is 8. The molecule has 1 amide bonds. The number of nitrogens with zero attached hydrogens (tertiary/aromatic N) is 1. The van der Waals surface area contributed by atoms with Crippen LogP contribution in [0.25, 0.3) is 0 Å². The van der Waals surface area contributed by atoms with Crippen molar-refractivity contribution in [2.45, 2.75) is 25.4 Å². The molecule has 0 spiro atoms. The van der Waals surface area contributed by atoms with Crippen molar-refractivity contribution in [1.82, 2.24) is 10.2 Å². The summed E-state index contributed by atoms with van der Waals surface area (Å²) in [4.78, 5) is 13.4. The molecular weight excluding hydrogens is 220 g/mol. The van der Waals surface area contributed by atoms with Crippen molar-refractivity contribution >= 4 is 5.91 Å². The van der Waals surface area contributed by atoms with Crippen LogP contribution in [-0.2, 0) is 14.3 Å². The lowest BCUT2D eigenvalue weighted by Crippen LogP contribution is -2.33. The lowest BCUT2D eigenvalue weighted by Gasteiger charge is -2.17. The molecule has 0 aromatic heterocycles. The third kappa shape index (κ3) is 6.00. The highest BCUT2D eigenvalue weighted by molar-refractivity contribution is 5.75. The van der Waals surface area contributed by atoms with Crippen LogP contribution in [0.4, 0.5) is 0 Å². The zero-order valence-electron chi connectivity index (χ0n) is 10.9. The van der Waals surface area contributed by atoms with E-state index in [9.17, 15) is 4.79 Å². The van der Waals surface area contributed by atoms with Crippen molar-refractivity contribution in [3.8, 4) is 0 Å². The maximum atomic E-state index is 11.6. The van der Waals surface area contributed by atoms with E-state index >= 15 is 0 Å². The molecule has 1 aliphatic heterocycles. The van der Waals surface area contributed by atoms with E-state index in [1.54, 1.807) is 4.90 Å². The number of nitrogens with one attached hydrogen (secondary N) is 1. The Kier molecular flexibility index (Phi) is 7.16. The fraction of sp³-hybridized carbons (Fsp3) is 0.917. The third-order valence-electron chi connectivity index (χ3n) is 2.91. The zero-order valence-corrected chi connectivity index (χ0v) is 10.9. The van der Waals surface area contributed by atoms with Crippen LogP contribution in [0.3, 0.4) is 0 Å². The predicted octanol–water partition coefficient (Wildman–Crippen LogP) is 0.250. The second kappa shape index (κ2) is 8.44. The maximum absolute atomic E-state index is 11.6. The molecule has 0 aliphatic carbocycles. The second-order valence-electron chi connectivity index (χ2n) is 4.38. The first kappa shape index (κ1) is 14.4. The summed E-state index contributed by atoms with van der Waals surface area (Å²) in [6.07, 6.45) is 2.90. The van der Waals surface area contributed by atoms with E-state index in [4.69, 9.17) is 9.47 Å². The molecule has 0 bridgehead atoms. The summed E-state index contributed by atoms with van der Waals surface area (Å²) < 4.78 is 10.9. The predicted molar refractivity (Wildman–Crippen MR) is 66.0 cm³/mol. The van der Waals surface area contributed by atoms with Crippen LogP contribution in [0.2, 0.25) is 0 Å². The van der Waals surface area contributed by atoms with Crippen LogP contribution in [0.5, 0.6) is 0 Å². The zero-order chi connectivity index (χ0) is 12.5. The molecule has 17 heavy (non-hydrogen) atoms. The fourth-order valence-electron chi connectivity index (χ4n) is 1.75. The van der Waals surface area contributed by atoms with Gasteiger partial charge in [0.2, 0.25) is 5.91 Å². The Morgan fingerprint density at radius 2 is 2.41 bits per heavy atom. The first-order valence-corrected chi connectivity index (χ1v) is 6.32. The van der Waals surface area contributed by atoms with Crippen LogP contribution in [0.1, 0.15) is 19.3 Å². The normalized spacial score (nSPS) is 19.5. The van der Waals surface area contributed by atoms with Crippen LogP contribution >= 0.6 is 0 Å². The number of carbonyl (C=O) groups excluding carboxylic acids is 1. The molecule has 1 atom stereocenters. The molecule has 1 N–H and O–H groups in total. The monoisotopic (exact) mass is 244 g/mol. The molecule has 0 radical (unpaired) electrons. The molecular formula is C12H24N2O3. The molecule has 1 unspecified atom stereocenters. The molecule has 1 fully saturated rings. The van der Waals surface area contributed by atoms with Crippen LogP contribution in [0, 0.1) is 0 Å². The van der Waals surface area contributed by atoms with E-state index < -0.39 is 0 Å². The second-order valence-corrected chi connectivity index (χ2v) is 4.38. The molecule has 100 valence electrons. The van der Waals surface area contributed by atoms with Crippen LogP contribution in [0.15, 0.2) is 0 Å². The molecule has 0 saturated carbocycles. The first-order chi connectivity index (χ1) is 8.24. The minimum Gasteiger partial charge on any atom is -0.378 e. The van der Waals surface area contributed by atoms with Gasteiger partial charge in [-0.25, -0.2) is 0 Å². The van der Waals surface area contributed by atoms with Gasteiger partial charge in [-0.3, -0.25) is 4.79 Å². The number of carbonyl (C=O) groups is 1. The summed E-state index contributed by atoms with van der Waals surface area (Å²) in [7, 11) is 3.70. The topological polar surface area (TPSA) is 50.8 Å². The highest BCUT2D eigenvalue weighted by Crippen LogP contribution is 2.11. The summed E-state index contributed by atoms with van der Waals surface area (Å²) in [5, 5.41) is 3.02. The van der Waals surface area contributed by atoms with E-state index in [2.05, 4.69) is 5.32 Å². The van der Waals surface area contributed by atoms with Crippen LogP contribution in [-0.4, -0.2) is 63.9 Å². The standard InChI is InChI=1S/C12H24N2O3/c1-13-6-7-14(2)12(15)5-9-16-10-11-4-3-8-17-11/h11,13H,3-10H2,1-2H3. The molecule has 1 heterocycles. The van der Waals surface area contributed by atoms with Crippen molar-refractivity contribution in [1.29, 1.82) is 0 Å². The SMILES string of the molecule is CNCCN(C)C(=O)CCOCC1CCCO1. The lowest BCUT2D eigenvalue weighted by atomic mass is 10.2. The van der Waals surface area contributed by atoms with Crippen LogP contribution < -0.4 is 5.32 Å². The Labute approximate surface area is 103 Å². The van der Waals surface area contributed by atoms with Gasteiger partial charge < -0.3 is 19.7 Å². The number of amides is 1. The average Bonchev–Trinajstić information content (AvgIpc) is 2.84. The number of ether oxygens (including phenoxy) is 2. The molecule has 1 aliphatic rings. The summed E-state index contributed by atoms with van der Waals surface area (Å²) >= 11 is 0. The lowest BCUT2D eigenvalue weighted by molar-refractivity contribution is -0.131. The molecule has 5 nitrogen and oxygen atoms in total. The third-order valence-corrected chi connectivity index (χ3v) is 2.91. The largest absolute Gasteiger partial charge is 0.378 e. The van der Waals surface area contributed by atoms with E-state index in [1.807, 2.05) is 14.1 Å². The Bertz CT molecular complexity index is 218. The van der Waals surface area contributed by atoms with Gasteiger partial charge in [-0.15, -0.1) is 0 Å². The molecule has 1 rings (SSSR count). The van der Waals surface area contributed by atoms with Gasteiger partial charge in [0.25, 0.3) is 0 Å². The highest BCUT2D eigenvalue weighted by atomic mass is 16.5. The van der Waals surface area contributed by atoms with Crippen molar-refractivity contribution in [3.05, 3.63) is 0 Å². The van der Waals surface area contributed by atoms with Gasteiger partial charge in [-0.2, -0.15) is 0 Å². The van der Waals surface area contributed by atoms with E-state index in [-0.39, 0.29) is 12.0 Å². The van der Waals surface area contributed by atoms with Gasteiger partial charge in [0.1, 0.15) is 0 Å². The Morgan fingerprint density at radius 3 is 3.06 bits per heavy atom. The summed E-state index contributed by atoms with van der Waals surface area (Å²) in [6, 6.07) is 0. The molecule has 1 saturated heterocycles. The van der Waals surface area contributed by atoms with Gasteiger partial charge in [0.05, 0.1) is 25.7 Å². The van der Waals surface area contributed by atoms with Gasteiger partial charge in [-0.1, -0.05) is 0 Å². The van der Waals surface area contributed by atoms with E-state index in [1.165, 1.54) is 0 Å².